The quantitative estimate of drug-likeness (QED) is 0.631. The van der Waals surface area contributed by atoms with Crippen molar-refractivity contribution in [3.05, 3.63) is 47.5 Å². The Bertz CT molecular complexity index is 744. The van der Waals surface area contributed by atoms with Gasteiger partial charge in [-0.1, -0.05) is 45.9 Å². The van der Waals surface area contributed by atoms with E-state index >= 15 is 0 Å². The Morgan fingerprint density at radius 2 is 1.33 bits per heavy atom. The largest absolute Gasteiger partial charge is 0.341 e. The predicted molar refractivity (Wildman–Crippen MR) is 106 cm³/mol. The van der Waals surface area contributed by atoms with Crippen molar-refractivity contribution in [2.24, 2.45) is 0 Å². The Morgan fingerprint density at radius 3 is 1.88 bits per heavy atom. The molecule has 0 saturated heterocycles. The second kappa shape index (κ2) is 6.16. The van der Waals surface area contributed by atoms with Gasteiger partial charge in [-0.25, -0.2) is 0 Å². The molecule has 2 heteroatoms. The highest BCUT2D eigenvalue weighted by Crippen LogP contribution is 2.52. The Kier molecular flexibility index (Phi) is 4.33. The number of rotatable bonds is 3. The van der Waals surface area contributed by atoms with Crippen molar-refractivity contribution in [3.63, 3.8) is 0 Å². The summed E-state index contributed by atoms with van der Waals surface area (Å²) in [6.07, 6.45) is 0. The van der Waals surface area contributed by atoms with E-state index in [1.807, 2.05) is 0 Å². The molecule has 0 fully saturated rings. The number of anilines is 4. The maximum absolute atomic E-state index is 2.53. The SMILES string of the molecule is CC(C)c1ccc2c(c1C(C)C)N(C(C)C)c1ccccc1N2C. The first-order valence-electron chi connectivity index (χ1n) is 9.13. The van der Waals surface area contributed by atoms with Crippen LogP contribution in [0.4, 0.5) is 22.7 Å². The van der Waals surface area contributed by atoms with Crippen molar-refractivity contribution in [1.29, 1.82) is 0 Å². The Balaban J connectivity index is 2.36. The molecule has 128 valence electrons. The van der Waals surface area contributed by atoms with Crippen molar-refractivity contribution >= 4 is 22.7 Å². The number of benzene rings is 2. The average molecular weight is 322 g/mol. The standard InChI is InChI=1S/C22H30N2/c1-14(2)17-12-13-20-22(21(17)15(3)4)24(16(5)6)19-11-9-8-10-18(19)23(20)7/h8-16H,1-7H3. The molecule has 3 rings (SSSR count). The molecule has 24 heavy (non-hydrogen) atoms. The molecule has 0 unspecified atom stereocenters. The number of para-hydroxylation sites is 2. The highest BCUT2D eigenvalue weighted by molar-refractivity contribution is 5.95. The summed E-state index contributed by atoms with van der Waals surface area (Å²) in [5.74, 6) is 1.03. The van der Waals surface area contributed by atoms with Crippen LogP contribution >= 0.6 is 0 Å². The summed E-state index contributed by atoms with van der Waals surface area (Å²) in [7, 11) is 2.19. The van der Waals surface area contributed by atoms with E-state index in [0.717, 1.165) is 0 Å². The fourth-order valence-corrected chi connectivity index (χ4v) is 3.98. The lowest BCUT2D eigenvalue weighted by Gasteiger charge is -2.43. The topological polar surface area (TPSA) is 6.48 Å². The third kappa shape index (κ3) is 2.49. The summed E-state index contributed by atoms with van der Waals surface area (Å²) < 4.78 is 0. The molecule has 0 atom stereocenters. The molecule has 0 N–H and O–H groups in total. The molecule has 0 aliphatic carbocycles. The summed E-state index contributed by atoms with van der Waals surface area (Å²) in [6.45, 7) is 13.8. The summed E-state index contributed by atoms with van der Waals surface area (Å²) in [5, 5.41) is 0. The molecule has 2 aromatic rings. The second-order valence-electron chi connectivity index (χ2n) is 7.76. The van der Waals surface area contributed by atoms with E-state index in [1.165, 1.54) is 33.9 Å². The van der Waals surface area contributed by atoms with Crippen LogP contribution in [0.2, 0.25) is 0 Å². The fraction of sp³-hybridized carbons (Fsp3) is 0.455. The van der Waals surface area contributed by atoms with Crippen LogP contribution in [0.5, 0.6) is 0 Å². The van der Waals surface area contributed by atoms with E-state index < -0.39 is 0 Å². The summed E-state index contributed by atoms with van der Waals surface area (Å²) in [5.41, 5.74) is 8.28. The minimum absolute atomic E-state index is 0.415. The maximum Gasteiger partial charge on any atom is 0.0693 e. The minimum Gasteiger partial charge on any atom is -0.341 e. The first-order chi connectivity index (χ1) is 11.3. The average Bonchev–Trinajstić information content (AvgIpc) is 2.53. The summed E-state index contributed by atoms with van der Waals surface area (Å²) in [4.78, 5) is 4.88. The van der Waals surface area contributed by atoms with Crippen molar-refractivity contribution in [2.75, 3.05) is 16.8 Å². The van der Waals surface area contributed by atoms with Gasteiger partial charge in [0.15, 0.2) is 0 Å². The zero-order chi connectivity index (χ0) is 17.6. The van der Waals surface area contributed by atoms with Crippen molar-refractivity contribution in [3.8, 4) is 0 Å². The molecule has 0 saturated carbocycles. The van der Waals surface area contributed by atoms with Gasteiger partial charge in [-0.2, -0.15) is 0 Å². The molecule has 0 radical (unpaired) electrons. The van der Waals surface area contributed by atoms with Gasteiger partial charge in [0, 0.05) is 13.1 Å². The number of hydrogen-bond donors (Lipinski definition) is 0. The van der Waals surface area contributed by atoms with Gasteiger partial charge in [-0.3, -0.25) is 0 Å². The van der Waals surface area contributed by atoms with E-state index in [1.54, 1.807) is 0 Å². The molecule has 0 spiro atoms. The van der Waals surface area contributed by atoms with Gasteiger partial charge < -0.3 is 9.80 Å². The number of nitrogens with zero attached hydrogens (tertiary/aromatic N) is 2. The highest BCUT2D eigenvalue weighted by atomic mass is 15.3. The van der Waals surface area contributed by atoms with Crippen molar-refractivity contribution < 1.29 is 0 Å². The normalized spacial score (nSPS) is 13.8. The van der Waals surface area contributed by atoms with Gasteiger partial charge in [0.1, 0.15) is 0 Å². The van der Waals surface area contributed by atoms with E-state index in [9.17, 15) is 0 Å². The van der Waals surface area contributed by atoms with Crippen LogP contribution in [0.15, 0.2) is 36.4 Å². The smallest absolute Gasteiger partial charge is 0.0693 e. The molecule has 0 amide bonds. The van der Waals surface area contributed by atoms with E-state index in [2.05, 4.69) is 94.8 Å². The first-order valence-corrected chi connectivity index (χ1v) is 9.13. The van der Waals surface area contributed by atoms with Crippen molar-refractivity contribution in [2.45, 2.75) is 59.4 Å². The van der Waals surface area contributed by atoms with E-state index in [-0.39, 0.29) is 0 Å². The van der Waals surface area contributed by atoms with Crippen molar-refractivity contribution in [1.82, 2.24) is 0 Å². The molecule has 0 bridgehead atoms. The fourth-order valence-electron chi connectivity index (χ4n) is 3.98. The lowest BCUT2D eigenvalue weighted by Crippen LogP contribution is -2.33. The third-order valence-electron chi connectivity index (χ3n) is 5.05. The van der Waals surface area contributed by atoms with Gasteiger partial charge in [0.05, 0.1) is 22.7 Å². The van der Waals surface area contributed by atoms with E-state index in [0.29, 0.717) is 17.9 Å². The molecule has 2 aromatic carbocycles. The molecule has 1 aliphatic heterocycles. The van der Waals surface area contributed by atoms with Crippen LogP contribution in [0, 0.1) is 0 Å². The van der Waals surface area contributed by atoms with Crippen LogP contribution < -0.4 is 9.80 Å². The first kappa shape index (κ1) is 16.9. The van der Waals surface area contributed by atoms with E-state index in [4.69, 9.17) is 0 Å². The summed E-state index contributed by atoms with van der Waals surface area (Å²) >= 11 is 0. The van der Waals surface area contributed by atoms with Crippen LogP contribution in [0.25, 0.3) is 0 Å². The second-order valence-corrected chi connectivity index (χ2v) is 7.76. The lowest BCUT2D eigenvalue weighted by atomic mass is 9.86. The van der Waals surface area contributed by atoms with Gasteiger partial charge >= 0.3 is 0 Å². The molecule has 1 aliphatic rings. The third-order valence-corrected chi connectivity index (χ3v) is 5.05. The number of fused-ring (bicyclic) bond motifs is 2. The van der Waals surface area contributed by atoms with Gasteiger partial charge in [-0.15, -0.1) is 0 Å². The maximum atomic E-state index is 2.53. The lowest BCUT2D eigenvalue weighted by molar-refractivity contribution is 0.746. The van der Waals surface area contributed by atoms with Gasteiger partial charge in [0.2, 0.25) is 0 Å². The molecule has 1 heterocycles. The molecule has 0 aromatic heterocycles. The zero-order valence-electron chi connectivity index (χ0n) is 16.1. The minimum atomic E-state index is 0.415. The van der Waals surface area contributed by atoms with Crippen LogP contribution in [-0.2, 0) is 0 Å². The molecular formula is C22H30N2. The van der Waals surface area contributed by atoms with Gasteiger partial charge in [0.25, 0.3) is 0 Å². The zero-order valence-corrected chi connectivity index (χ0v) is 16.1. The Morgan fingerprint density at radius 1 is 0.708 bits per heavy atom. The van der Waals surface area contributed by atoms with Crippen LogP contribution in [0.3, 0.4) is 0 Å². The number of hydrogen-bond acceptors (Lipinski definition) is 2. The monoisotopic (exact) mass is 322 g/mol. The molecule has 2 nitrogen and oxygen atoms in total. The Hall–Kier alpha value is -1.96. The van der Waals surface area contributed by atoms with Crippen LogP contribution in [-0.4, -0.2) is 13.1 Å². The highest BCUT2D eigenvalue weighted by Gasteiger charge is 2.32. The van der Waals surface area contributed by atoms with Crippen LogP contribution in [0.1, 0.15) is 64.5 Å². The summed E-state index contributed by atoms with van der Waals surface area (Å²) in [6, 6.07) is 13.8. The Labute approximate surface area is 147 Å². The predicted octanol–water partition coefficient (Wildman–Crippen LogP) is 6.56. The molecular weight excluding hydrogens is 292 g/mol. The van der Waals surface area contributed by atoms with Gasteiger partial charge in [-0.05, 0) is 55.0 Å².